The molecule has 0 saturated heterocycles. The van der Waals surface area contributed by atoms with Gasteiger partial charge >= 0.3 is 0 Å². The van der Waals surface area contributed by atoms with Crippen molar-refractivity contribution < 1.29 is 9.52 Å². The van der Waals surface area contributed by atoms with Crippen LogP contribution in [0.5, 0.6) is 5.88 Å². The van der Waals surface area contributed by atoms with Gasteiger partial charge in [0.25, 0.3) is 0 Å². The van der Waals surface area contributed by atoms with E-state index in [2.05, 4.69) is 10.2 Å². The molecule has 0 unspecified atom stereocenters. The van der Waals surface area contributed by atoms with Gasteiger partial charge < -0.3 is 9.52 Å². The lowest BCUT2D eigenvalue weighted by Crippen LogP contribution is -1.95. The number of hydrogen-bond acceptors (Lipinski definition) is 4. The summed E-state index contributed by atoms with van der Waals surface area (Å²) in [5.74, 6) is -0.423. The fraction of sp³-hybridized carbons (Fsp3) is 0. The maximum absolute atomic E-state index is 11.6. The van der Waals surface area contributed by atoms with Gasteiger partial charge in [-0.2, -0.15) is 10.2 Å². The van der Waals surface area contributed by atoms with E-state index in [9.17, 15) is 5.11 Å². The molecule has 0 aliphatic heterocycles. The summed E-state index contributed by atoms with van der Waals surface area (Å²) >= 11 is 0. The predicted molar refractivity (Wildman–Crippen MR) is 66.3 cm³/mol. The summed E-state index contributed by atoms with van der Waals surface area (Å²) < 4.78 is 5.58. The Morgan fingerprint density at radius 1 is 1.00 bits per heavy atom. The van der Waals surface area contributed by atoms with Crippen LogP contribution < -0.4 is 5.11 Å². The van der Waals surface area contributed by atoms with Crippen LogP contribution in [0, 0.1) is 0 Å². The van der Waals surface area contributed by atoms with Crippen LogP contribution in [0.25, 0.3) is 32.7 Å². The molecular weight excluding hydrogens is 228 g/mol. The maximum atomic E-state index is 11.6. The van der Waals surface area contributed by atoms with Gasteiger partial charge in [-0.15, -0.1) is 0 Å². The Balaban J connectivity index is 2.37. The number of nitrogens with zero attached hydrogens (tertiary/aromatic N) is 2. The van der Waals surface area contributed by atoms with Crippen molar-refractivity contribution >= 4 is 32.7 Å². The van der Waals surface area contributed by atoms with Gasteiger partial charge in [-0.1, -0.05) is 30.3 Å². The fourth-order valence-electron chi connectivity index (χ4n) is 2.36. The number of aromatic nitrogens is 2. The zero-order valence-electron chi connectivity index (χ0n) is 9.25. The summed E-state index contributed by atoms with van der Waals surface area (Å²) in [5, 5.41) is 22.6. The Morgan fingerprint density at radius 2 is 1.89 bits per heavy atom. The van der Waals surface area contributed by atoms with Crippen molar-refractivity contribution in [2.75, 3.05) is 0 Å². The Kier molecular flexibility index (Phi) is 1.67. The number of fused-ring (bicyclic) bond motifs is 5. The highest BCUT2D eigenvalue weighted by Gasteiger charge is 2.11. The Labute approximate surface area is 101 Å². The van der Waals surface area contributed by atoms with Crippen molar-refractivity contribution in [1.82, 2.24) is 10.2 Å². The molecule has 0 amide bonds. The lowest BCUT2D eigenvalue weighted by molar-refractivity contribution is -0.274. The van der Waals surface area contributed by atoms with E-state index >= 15 is 0 Å². The molecule has 0 aliphatic carbocycles. The molecule has 2 heterocycles. The van der Waals surface area contributed by atoms with Crippen molar-refractivity contribution in [3.05, 3.63) is 42.6 Å². The van der Waals surface area contributed by atoms with Crippen LogP contribution in [0.1, 0.15) is 0 Å². The molecule has 0 radical (unpaired) electrons. The third-order valence-electron chi connectivity index (χ3n) is 3.15. The van der Waals surface area contributed by atoms with Crippen LogP contribution >= 0.6 is 0 Å². The van der Waals surface area contributed by atoms with Crippen LogP contribution in [0.2, 0.25) is 0 Å². The Hall–Kier alpha value is -2.62. The second-order valence-corrected chi connectivity index (χ2v) is 4.15. The molecule has 2 aromatic heterocycles. The Bertz CT molecular complexity index is 896. The number of rotatable bonds is 0. The molecule has 0 spiro atoms. The Morgan fingerprint density at radius 3 is 2.83 bits per heavy atom. The van der Waals surface area contributed by atoms with E-state index in [1.54, 1.807) is 6.20 Å². The number of benzene rings is 2. The van der Waals surface area contributed by atoms with Gasteiger partial charge in [-0.05, 0) is 16.8 Å². The second-order valence-electron chi connectivity index (χ2n) is 4.15. The molecular formula is C14H7N2O2-. The molecule has 18 heavy (non-hydrogen) atoms. The average Bonchev–Trinajstić information content (AvgIpc) is 2.79. The van der Waals surface area contributed by atoms with Crippen LogP contribution in [0.3, 0.4) is 0 Å². The minimum atomic E-state index is -0.423. The smallest absolute Gasteiger partial charge is 0.149 e. The predicted octanol–water partition coefficient (Wildman–Crippen LogP) is 2.60. The fourth-order valence-corrected chi connectivity index (χ4v) is 2.36. The van der Waals surface area contributed by atoms with Gasteiger partial charge in [0.2, 0.25) is 0 Å². The molecule has 0 saturated carbocycles. The summed E-state index contributed by atoms with van der Waals surface area (Å²) in [5.41, 5.74) is 0.965. The minimum Gasteiger partial charge on any atom is -0.855 e. The van der Waals surface area contributed by atoms with Gasteiger partial charge in [0, 0.05) is 10.8 Å². The normalized spacial score (nSPS) is 11.6. The van der Waals surface area contributed by atoms with Gasteiger partial charge in [-0.3, -0.25) is 0 Å². The third-order valence-corrected chi connectivity index (χ3v) is 3.15. The molecule has 0 atom stereocenters. The van der Waals surface area contributed by atoms with Crippen molar-refractivity contribution in [3.8, 4) is 5.88 Å². The van der Waals surface area contributed by atoms with E-state index in [0.29, 0.717) is 5.58 Å². The quantitative estimate of drug-likeness (QED) is 0.470. The molecule has 2 aromatic carbocycles. The molecule has 4 aromatic rings. The second kappa shape index (κ2) is 3.20. The largest absolute Gasteiger partial charge is 0.855 e. The van der Waals surface area contributed by atoms with Crippen LogP contribution in [0.15, 0.2) is 47.0 Å². The van der Waals surface area contributed by atoms with Crippen molar-refractivity contribution in [1.29, 1.82) is 0 Å². The monoisotopic (exact) mass is 235 g/mol. The average molecular weight is 235 g/mol. The van der Waals surface area contributed by atoms with Crippen molar-refractivity contribution in [2.45, 2.75) is 0 Å². The van der Waals surface area contributed by atoms with Gasteiger partial charge in [-0.25, -0.2) is 0 Å². The standard InChI is InChI=1S/C14H8N2O2/c17-14-13-10(7-15-16-14)12-9-4-2-1-3-8(9)5-6-11(12)18-13/h1-7H,(H,16,17)/p-1. The molecule has 86 valence electrons. The van der Waals surface area contributed by atoms with Crippen molar-refractivity contribution in [3.63, 3.8) is 0 Å². The van der Waals surface area contributed by atoms with Gasteiger partial charge in [0.05, 0.1) is 12.1 Å². The maximum Gasteiger partial charge on any atom is 0.149 e. The number of furan rings is 1. The summed E-state index contributed by atoms with van der Waals surface area (Å²) in [6.45, 7) is 0. The zero-order chi connectivity index (χ0) is 12.1. The SMILES string of the molecule is [O-]c1nncc2c1oc1ccc3ccccc3c12. The van der Waals surface area contributed by atoms with Crippen LogP contribution in [-0.4, -0.2) is 10.2 Å². The lowest BCUT2D eigenvalue weighted by Gasteiger charge is -2.00. The van der Waals surface area contributed by atoms with E-state index in [-0.39, 0.29) is 5.58 Å². The highest BCUT2D eigenvalue weighted by Crippen LogP contribution is 2.35. The van der Waals surface area contributed by atoms with Crippen LogP contribution in [0.4, 0.5) is 0 Å². The van der Waals surface area contributed by atoms with Crippen LogP contribution in [-0.2, 0) is 0 Å². The van der Waals surface area contributed by atoms with Gasteiger partial charge in [0.15, 0.2) is 0 Å². The first-order valence-electron chi connectivity index (χ1n) is 5.57. The molecule has 4 heteroatoms. The highest BCUT2D eigenvalue weighted by atomic mass is 16.4. The zero-order valence-corrected chi connectivity index (χ0v) is 9.25. The molecule has 0 bridgehead atoms. The summed E-state index contributed by atoms with van der Waals surface area (Å²) in [6, 6.07) is 11.8. The van der Waals surface area contributed by atoms with E-state index in [4.69, 9.17) is 4.42 Å². The van der Waals surface area contributed by atoms with Gasteiger partial charge in [0.1, 0.15) is 11.2 Å². The van der Waals surface area contributed by atoms with E-state index in [1.807, 2.05) is 36.4 Å². The summed E-state index contributed by atoms with van der Waals surface area (Å²) in [7, 11) is 0. The third kappa shape index (κ3) is 1.09. The summed E-state index contributed by atoms with van der Waals surface area (Å²) in [6.07, 6.45) is 1.58. The minimum absolute atomic E-state index is 0.274. The molecule has 4 nitrogen and oxygen atoms in total. The first-order chi connectivity index (χ1) is 8.84. The molecule has 0 aliphatic rings. The highest BCUT2D eigenvalue weighted by molar-refractivity contribution is 6.18. The van der Waals surface area contributed by atoms with E-state index in [0.717, 1.165) is 21.5 Å². The van der Waals surface area contributed by atoms with E-state index < -0.39 is 5.88 Å². The summed E-state index contributed by atoms with van der Waals surface area (Å²) in [4.78, 5) is 0. The number of hydrogen-bond donors (Lipinski definition) is 0. The van der Waals surface area contributed by atoms with Crippen molar-refractivity contribution in [2.24, 2.45) is 0 Å². The van der Waals surface area contributed by atoms with E-state index in [1.165, 1.54) is 0 Å². The molecule has 0 fully saturated rings. The first-order valence-corrected chi connectivity index (χ1v) is 5.57. The molecule has 4 rings (SSSR count). The first kappa shape index (κ1) is 9.41. The lowest BCUT2D eigenvalue weighted by atomic mass is 10.1. The molecule has 0 N–H and O–H groups in total. The topological polar surface area (TPSA) is 62.0 Å².